The number of aromatic nitrogens is 3. The molecule has 4 heterocycles. The van der Waals surface area contributed by atoms with E-state index in [1.807, 2.05) is 0 Å². The maximum atomic E-state index is 14.4. The van der Waals surface area contributed by atoms with E-state index in [1.165, 1.54) is 13.8 Å². The van der Waals surface area contributed by atoms with Crippen molar-refractivity contribution in [2.75, 3.05) is 152 Å². The largest absolute Gasteiger partial charge is 0.481 e. The first-order valence-corrected chi connectivity index (χ1v) is 46.0. The predicted octanol–water partition coefficient (Wildman–Crippen LogP) is -5.42. The van der Waals surface area contributed by atoms with Gasteiger partial charge in [0.15, 0.2) is 55.5 Å². The second-order valence-electron chi connectivity index (χ2n) is 32.1. The molecule has 3 aliphatic heterocycles. The molecule has 7 amide bonds. The molecular formula is C87H134N10O46. The van der Waals surface area contributed by atoms with Crippen LogP contribution in [0.25, 0.3) is 0 Å². The summed E-state index contributed by atoms with van der Waals surface area (Å²) in [5, 5.41) is 27.5. The van der Waals surface area contributed by atoms with E-state index >= 15 is 0 Å². The van der Waals surface area contributed by atoms with E-state index in [0.717, 1.165) is 73.8 Å². The SMILES string of the molecule is CCCn1c(=O)n(CCOC(=O)CCC(=O)O)c(=O)n(CCOC(=O)CCC(=O)NC(CCC(=O)NCCOCCOCCOC2OC(COC(C)=O)C(OC(C)=O)C(OC(C)=O)C2NC(C)=O)(CCC(=O)NCCOCCOCCOC2OC(COC(C)=O)C(OC(C)=O)C(OC(C)=O)C2NC(C)=O)CC(=O)NCCOCCOCCOC2OC(COC(C)=O)C(OC(C)=O)C(OC(C)=O)C2NC(C)=O)c1=O. The van der Waals surface area contributed by atoms with Crippen molar-refractivity contribution in [2.24, 2.45) is 0 Å². The summed E-state index contributed by atoms with van der Waals surface area (Å²) < 4.78 is 130. The number of carboxylic acids is 1. The molecule has 0 saturated carbocycles. The van der Waals surface area contributed by atoms with Gasteiger partial charge >= 0.3 is 88.7 Å². The standard InChI is InChI=1S/C87H134N10O46/c1-14-26-95-84(118)96(86(120)97(85(95)119)28-33-128-71(117)18-16-69(114)115)27-32-127-70(116)17-15-67(112)94-87(46-68(113)90-25-31-123-36-39-126-42-45-131-83-74(93-52(4)100)80(140-61(13)109)77(137-58(10)106)64(143-83)49-134-55(7)103,21-19-65(110)88-23-29-121-34-37-124-40-43-129-81-72(91-50(2)98)78(138-59(11)107)75(135-56(8)104)62(141-81)47-132-53(5)101)22-20-66(111)89-24-30-122-35-38-125-41-44-130-82-73(92-51(3)99)79(139-60(12)108)76(136-57(9)105)63(142-82)48-133-54(6)102/h62-64,72-83H,14-49H2,1-13H3,(H,88,110)(H,89,111)(H,90,113)(H,91,98)(H,92,99)(H,93,100)(H,94,112)(H,114,115). The van der Waals surface area contributed by atoms with Crippen molar-refractivity contribution in [3.05, 3.63) is 31.5 Å². The number of hydrogen-bond donors (Lipinski definition) is 8. The van der Waals surface area contributed by atoms with Crippen LogP contribution in [0.1, 0.15) is 154 Å². The predicted molar refractivity (Wildman–Crippen MR) is 475 cm³/mol. The molecule has 4 rings (SSSR count). The topological polar surface area (TPSA) is 707 Å². The number of carbonyl (C=O) groups excluding carboxylic acids is 18. The van der Waals surface area contributed by atoms with Crippen LogP contribution in [-0.2, 0) is 220 Å². The number of carboxylic acid groups (broad SMARTS) is 1. The van der Waals surface area contributed by atoms with Gasteiger partial charge < -0.3 is 151 Å². The summed E-state index contributed by atoms with van der Waals surface area (Å²) in [7, 11) is 0. The summed E-state index contributed by atoms with van der Waals surface area (Å²) in [4.78, 5) is 280. The third-order valence-corrected chi connectivity index (χ3v) is 20.2. The summed E-state index contributed by atoms with van der Waals surface area (Å²) >= 11 is 0. The third kappa shape index (κ3) is 48.7. The minimum absolute atomic E-state index is 0.0494. The van der Waals surface area contributed by atoms with E-state index in [9.17, 15) is 105 Å². The Morgan fingerprint density at radius 3 is 0.881 bits per heavy atom. The average molecular weight is 2060 g/mol. The zero-order valence-electron chi connectivity index (χ0n) is 82.3. The van der Waals surface area contributed by atoms with Gasteiger partial charge in [-0.15, -0.1) is 0 Å². The van der Waals surface area contributed by atoms with Crippen molar-refractivity contribution in [3.63, 3.8) is 0 Å². The molecule has 0 radical (unpaired) electrons. The first-order valence-electron chi connectivity index (χ1n) is 46.0. The molecule has 15 atom stereocenters. The highest BCUT2D eigenvalue weighted by molar-refractivity contribution is 5.85. The molecule has 143 heavy (non-hydrogen) atoms. The fraction of sp³-hybridized carbons (Fsp3) is 0.747. The normalized spacial score (nSPS) is 21.0. The first-order chi connectivity index (χ1) is 67.8. The van der Waals surface area contributed by atoms with Gasteiger partial charge in [0.05, 0.1) is 131 Å². The molecule has 0 bridgehead atoms. The zero-order valence-corrected chi connectivity index (χ0v) is 82.3. The van der Waals surface area contributed by atoms with Crippen LogP contribution in [0.4, 0.5) is 0 Å². The number of ether oxygens (including phenoxy) is 23. The fourth-order valence-electron chi connectivity index (χ4n) is 14.4. The maximum Gasteiger partial charge on any atom is 0.336 e. The van der Waals surface area contributed by atoms with Gasteiger partial charge in [0.2, 0.25) is 41.4 Å². The molecule has 808 valence electrons. The summed E-state index contributed by atoms with van der Waals surface area (Å²) in [5.41, 5.74) is -5.14. The van der Waals surface area contributed by atoms with Crippen molar-refractivity contribution in [3.8, 4) is 0 Å². The summed E-state index contributed by atoms with van der Waals surface area (Å²) in [6.07, 6.45) is -20.7. The van der Waals surface area contributed by atoms with Crippen LogP contribution in [0, 0.1) is 0 Å². The van der Waals surface area contributed by atoms with Crippen LogP contribution in [0.5, 0.6) is 0 Å². The highest BCUT2D eigenvalue weighted by Gasteiger charge is 2.55. The minimum Gasteiger partial charge on any atom is -0.481 e. The molecule has 0 aliphatic carbocycles. The van der Waals surface area contributed by atoms with Crippen LogP contribution in [-0.4, -0.2) is 381 Å². The number of hydrogen-bond acceptors (Lipinski definition) is 45. The van der Waals surface area contributed by atoms with Crippen molar-refractivity contribution in [2.45, 2.75) is 271 Å². The van der Waals surface area contributed by atoms with Gasteiger partial charge in [-0.05, 0) is 19.3 Å². The van der Waals surface area contributed by atoms with Gasteiger partial charge in [0.1, 0.15) is 69.5 Å². The minimum atomic E-state index is -1.82. The van der Waals surface area contributed by atoms with E-state index in [2.05, 4.69) is 37.2 Å². The number of carbonyl (C=O) groups is 19. The molecule has 0 aromatic carbocycles. The lowest BCUT2D eigenvalue weighted by Crippen LogP contribution is -2.66. The van der Waals surface area contributed by atoms with E-state index in [0.29, 0.717) is 9.13 Å². The molecule has 15 unspecified atom stereocenters. The summed E-state index contributed by atoms with van der Waals surface area (Å²) in [6.45, 7) is 8.74. The van der Waals surface area contributed by atoms with Crippen LogP contribution >= 0.6 is 0 Å². The fourth-order valence-corrected chi connectivity index (χ4v) is 14.4. The quantitative estimate of drug-likeness (QED) is 0.0171. The van der Waals surface area contributed by atoms with Crippen LogP contribution < -0.4 is 54.3 Å². The Balaban J connectivity index is 1.54. The second-order valence-corrected chi connectivity index (χ2v) is 32.1. The lowest BCUT2D eigenvalue weighted by molar-refractivity contribution is -0.279. The number of nitrogens with one attached hydrogen (secondary N) is 7. The maximum absolute atomic E-state index is 14.4. The van der Waals surface area contributed by atoms with Gasteiger partial charge in [-0.25, -0.2) is 28.1 Å². The molecule has 56 nitrogen and oxygen atoms in total. The first kappa shape index (κ1) is 123. The molecule has 3 aliphatic rings. The van der Waals surface area contributed by atoms with Gasteiger partial charge in [0, 0.05) is 140 Å². The molecule has 0 spiro atoms. The number of rotatable bonds is 68. The molecule has 56 heteroatoms. The Bertz CT molecular complexity index is 4410. The highest BCUT2D eigenvalue weighted by atomic mass is 16.7. The lowest BCUT2D eigenvalue weighted by atomic mass is 9.83. The van der Waals surface area contributed by atoms with E-state index in [1.54, 1.807) is 6.92 Å². The Morgan fingerprint density at radius 2 is 0.594 bits per heavy atom. The second kappa shape index (κ2) is 66.7. The average Bonchev–Trinajstić information content (AvgIpc) is 0.797. The van der Waals surface area contributed by atoms with E-state index in [4.69, 9.17) is 114 Å². The Kier molecular flexibility index (Phi) is 57.4. The van der Waals surface area contributed by atoms with Crippen molar-refractivity contribution in [1.29, 1.82) is 0 Å². The summed E-state index contributed by atoms with van der Waals surface area (Å²) in [5.74, 6) is -15.2. The van der Waals surface area contributed by atoms with Gasteiger partial charge in [-0.1, -0.05) is 6.92 Å². The molecule has 3 saturated heterocycles. The van der Waals surface area contributed by atoms with E-state index in [-0.39, 0.29) is 145 Å². The molecule has 8 N–H and O–H groups in total. The number of esters is 11. The summed E-state index contributed by atoms with van der Waals surface area (Å²) in [6, 6.07) is -3.76. The van der Waals surface area contributed by atoms with Crippen LogP contribution in [0.15, 0.2) is 14.4 Å². The molecule has 3 fully saturated rings. The van der Waals surface area contributed by atoms with Crippen molar-refractivity contribution >= 4 is 113 Å². The van der Waals surface area contributed by atoms with Crippen LogP contribution in [0.2, 0.25) is 0 Å². The molecule has 1 aromatic heterocycles. The zero-order chi connectivity index (χ0) is 106. The monoisotopic (exact) mass is 2050 g/mol. The smallest absolute Gasteiger partial charge is 0.336 e. The number of aliphatic carboxylic acids is 1. The van der Waals surface area contributed by atoms with Gasteiger partial charge in [0.25, 0.3) is 0 Å². The van der Waals surface area contributed by atoms with Crippen molar-refractivity contribution < 1.29 is 205 Å². The lowest BCUT2D eigenvalue weighted by Gasteiger charge is -2.44. The van der Waals surface area contributed by atoms with Gasteiger partial charge in [-0.3, -0.25) is 91.1 Å². The Morgan fingerprint density at radius 1 is 0.315 bits per heavy atom. The Labute approximate surface area is 820 Å². The Hall–Kier alpha value is -12.1. The highest BCUT2D eigenvalue weighted by Crippen LogP contribution is 2.33. The van der Waals surface area contributed by atoms with E-state index < -0.39 is 319 Å². The number of amides is 7. The van der Waals surface area contributed by atoms with Gasteiger partial charge in [-0.2, -0.15) is 0 Å². The molecule has 1 aromatic rings. The molecular weight excluding hydrogens is 1920 g/mol. The van der Waals surface area contributed by atoms with Crippen LogP contribution in [0.3, 0.4) is 0 Å². The third-order valence-electron chi connectivity index (χ3n) is 20.2. The number of nitrogens with zero attached hydrogens (tertiary/aromatic N) is 3. The van der Waals surface area contributed by atoms with Crippen molar-refractivity contribution in [1.82, 2.24) is 50.9 Å².